The largest absolute Gasteiger partial charge is 0.465 e. The summed E-state index contributed by atoms with van der Waals surface area (Å²) in [6, 6.07) is 6.03. The number of para-hydroxylation sites is 1. The van der Waals surface area contributed by atoms with Crippen LogP contribution in [0.5, 0.6) is 0 Å². The minimum Gasteiger partial charge on any atom is -0.465 e. The lowest BCUT2D eigenvalue weighted by Gasteiger charge is -2.11. The van der Waals surface area contributed by atoms with Gasteiger partial charge in [-0.2, -0.15) is 4.68 Å². The second kappa shape index (κ2) is 5.24. The number of carbonyl (C=O) groups is 1. The number of carbonyl (C=O) groups excluding carboxylic acids is 1. The third-order valence-electron chi connectivity index (χ3n) is 3.23. The molecule has 3 rings (SSSR count). The Morgan fingerprint density at radius 1 is 1.35 bits per heavy atom. The molecule has 1 fully saturated rings. The average molecular weight is 290 g/mol. The lowest BCUT2D eigenvalue weighted by Crippen LogP contribution is -2.12. The van der Waals surface area contributed by atoms with Crippen molar-refractivity contribution in [3.05, 3.63) is 29.3 Å². The summed E-state index contributed by atoms with van der Waals surface area (Å²) in [4.78, 5) is 11.6. The van der Waals surface area contributed by atoms with Gasteiger partial charge in [0, 0.05) is 6.42 Å². The highest BCUT2D eigenvalue weighted by Gasteiger charge is 2.30. The van der Waals surface area contributed by atoms with Crippen molar-refractivity contribution >= 4 is 17.7 Å². The Morgan fingerprint density at radius 3 is 2.75 bits per heavy atom. The highest BCUT2D eigenvalue weighted by atomic mass is 32.2. The molecular formula is C13H14N4O2S. The first-order valence-electron chi connectivity index (χ1n) is 6.35. The standard InChI is InChI=1S/C13H14N4O2S/c1-8-4-3-5-9(2)11(8)17-13(14-15-16-17)20-10-6-7-19-12(10)18/h3-5,10H,6-7H2,1-2H3/t10-/m0/s1. The molecule has 6 nitrogen and oxygen atoms in total. The fourth-order valence-electron chi connectivity index (χ4n) is 2.24. The number of tetrazole rings is 1. The zero-order valence-corrected chi connectivity index (χ0v) is 12.1. The first-order chi connectivity index (χ1) is 9.66. The first kappa shape index (κ1) is 13.1. The van der Waals surface area contributed by atoms with Crippen LogP contribution < -0.4 is 0 Å². The number of ether oxygens (including phenoxy) is 1. The van der Waals surface area contributed by atoms with E-state index in [2.05, 4.69) is 15.5 Å². The molecule has 0 unspecified atom stereocenters. The number of aryl methyl sites for hydroxylation is 2. The fraction of sp³-hybridized carbons (Fsp3) is 0.385. The van der Waals surface area contributed by atoms with Crippen LogP contribution in [0.15, 0.2) is 23.4 Å². The summed E-state index contributed by atoms with van der Waals surface area (Å²) in [7, 11) is 0. The van der Waals surface area contributed by atoms with Gasteiger partial charge < -0.3 is 4.74 Å². The van der Waals surface area contributed by atoms with Gasteiger partial charge in [-0.3, -0.25) is 4.79 Å². The molecular weight excluding hydrogens is 276 g/mol. The van der Waals surface area contributed by atoms with E-state index in [-0.39, 0.29) is 11.2 Å². The van der Waals surface area contributed by atoms with Gasteiger partial charge in [-0.25, -0.2) is 0 Å². The van der Waals surface area contributed by atoms with E-state index in [1.54, 1.807) is 4.68 Å². The molecule has 2 aromatic rings. The van der Waals surface area contributed by atoms with Gasteiger partial charge in [0.05, 0.1) is 12.3 Å². The van der Waals surface area contributed by atoms with Gasteiger partial charge >= 0.3 is 5.97 Å². The maximum absolute atomic E-state index is 11.6. The number of esters is 1. The van der Waals surface area contributed by atoms with Crippen LogP contribution in [0.3, 0.4) is 0 Å². The van der Waals surface area contributed by atoms with Gasteiger partial charge in [0.25, 0.3) is 0 Å². The maximum Gasteiger partial charge on any atom is 0.319 e. The topological polar surface area (TPSA) is 69.9 Å². The lowest BCUT2D eigenvalue weighted by molar-refractivity contribution is -0.137. The molecule has 1 atom stereocenters. The van der Waals surface area contributed by atoms with Gasteiger partial charge in [0.1, 0.15) is 5.25 Å². The Morgan fingerprint density at radius 2 is 2.10 bits per heavy atom. The Labute approximate surface area is 120 Å². The highest BCUT2D eigenvalue weighted by Crippen LogP contribution is 2.30. The van der Waals surface area contributed by atoms with E-state index in [4.69, 9.17) is 4.74 Å². The van der Waals surface area contributed by atoms with E-state index in [0.29, 0.717) is 18.2 Å². The number of rotatable bonds is 3. The maximum atomic E-state index is 11.6. The van der Waals surface area contributed by atoms with Crippen molar-refractivity contribution in [2.24, 2.45) is 0 Å². The Hall–Kier alpha value is -1.89. The number of thioether (sulfide) groups is 1. The first-order valence-corrected chi connectivity index (χ1v) is 7.23. The van der Waals surface area contributed by atoms with E-state index in [9.17, 15) is 4.79 Å². The summed E-state index contributed by atoms with van der Waals surface area (Å²) in [5.41, 5.74) is 3.15. The summed E-state index contributed by atoms with van der Waals surface area (Å²) in [6.07, 6.45) is 0.698. The van der Waals surface area contributed by atoms with E-state index >= 15 is 0 Å². The number of nitrogens with zero attached hydrogens (tertiary/aromatic N) is 4. The highest BCUT2D eigenvalue weighted by molar-refractivity contribution is 8.00. The van der Waals surface area contributed by atoms with Crippen LogP contribution in [0.2, 0.25) is 0 Å². The van der Waals surface area contributed by atoms with Gasteiger partial charge in [-0.15, -0.1) is 5.10 Å². The number of aromatic nitrogens is 4. The Bertz CT molecular complexity index is 635. The van der Waals surface area contributed by atoms with Gasteiger partial charge in [-0.1, -0.05) is 30.0 Å². The third kappa shape index (κ3) is 2.29. The van der Waals surface area contributed by atoms with E-state index in [0.717, 1.165) is 16.8 Å². The van der Waals surface area contributed by atoms with Crippen molar-refractivity contribution in [3.8, 4) is 5.69 Å². The molecule has 0 bridgehead atoms. The molecule has 7 heteroatoms. The van der Waals surface area contributed by atoms with Crippen LogP contribution in [0.4, 0.5) is 0 Å². The number of benzene rings is 1. The molecule has 1 saturated heterocycles. The minimum atomic E-state index is -0.218. The molecule has 0 saturated carbocycles. The van der Waals surface area contributed by atoms with Crippen molar-refractivity contribution in [2.45, 2.75) is 30.7 Å². The zero-order valence-electron chi connectivity index (χ0n) is 11.2. The molecule has 0 spiro atoms. The zero-order chi connectivity index (χ0) is 14.1. The monoisotopic (exact) mass is 290 g/mol. The molecule has 0 radical (unpaired) electrons. The smallest absolute Gasteiger partial charge is 0.319 e. The summed E-state index contributed by atoms with van der Waals surface area (Å²) in [6.45, 7) is 4.51. The van der Waals surface area contributed by atoms with E-state index in [1.165, 1.54) is 11.8 Å². The van der Waals surface area contributed by atoms with Crippen LogP contribution >= 0.6 is 11.8 Å². The van der Waals surface area contributed by atoms with E-state index < -0.39 is 0 Å². The van der Waals surface area contributed by atoms with Crippen LogP contribution in [-0.4, -0.2) is 38.0 Å². The van der Waals surface area contributed by atoms with Gasteiger partial charge in [0.2, 0.25) is 5.16 Å². The molecule has 0 amide bonds. The predicted octanol–water partition coefficient (Wildman–Crippen LogP) is 1.69. The van der Waals surface area contributed by atoms with Crippen molar-refractivity contribution in [2.75, 3.05) is 6.61 Å². The summed E-state index contributed by atoms with van der Waals surface area (Å²) in [5.74, 6) is -0.189. The van der Waals surface area contributed by atoms with Crippen molar-refractivity contribution < 1.29 is 9.53 Å². The second-order valence-corrected chi connectivity index (χ2v) is 5.85. The average Bonchev–Trinajstić information content (AvgIpc) is 3.01. The molecule has 1 aliphatic rings. The van der Waals surface area contributed by atoms with Crippen LogP contribution in [0.1, 0.15) is 17.5 Å². The van der Waals surface area contributed by atoms with Gasteiger partial charge in [-0.05, 0) is 35.4 Å². The normalized spacial score (nSPS) is 18.3. The van der Waals surface area contributed by atoms with Crippen molar-refractivity contribution in [3.63, 3.8) is 0 Å². The molecule has 104 valence electrons. The molecule has 1 aliphatic heterocycles. The molecule has 0 aliphatic carbocycles. The minimum absolute atomic E-state index is 0.189. The molecule has 1 aromatic heterocycles. The SMILES string of the molecule is Cc1cccc(C)c1-n1nnnc1S[C@H]1CCOC1=O. The van der Waals surface area contributed by atoms with Crippen molar-refractivity contribution in [1.82, 2.24) is 20.2 Å². The quantitative estimate of drug-likeness (QED) is 0.801. The fourth-order valence-corrected chi connectivity index (χ4v) is 3.19. The number of hydrogen-bond acceptors (Lipinski definition) is 6. The summed E-state index contributed by atoms with van der Waals surface area (Å²) in [5, 5.41) is 12.2. The third-order valence-corrected chi connectivity index (χ3v) is 4.41. The summed E-state index contributed by atoms with van der Waals surface area (Å²) < 4.78 is 6.67. The lowest BCUT2D eigenvalue weighted by atomic mass is 10.1. The molecule has 2 heterocycles. The second-order valence-electron chi connectivity index (χ2n) is 4.68. The summed E-state index contributed by atoms with van der Waals surface area (Å²) >= 11 is 1.36. The van der Waals surface area contributed by atoms with Gasteiger partial charge in [0.15, 0.2) is 0 Å². The predicted molar refractivity (Wildman–Crippen MR) is 73.8 cm³/mol. The van der Waals surface area contributed by atoms with Crippen LogP contribution in [0, 0.1) is 13.8 Å². The Kier molecular flexibility index (Phi) is 3.43. The van der Waals surface area contributed by atoms with Crippen molar-refractivity contribution in [1.29, 1.82) is 0 Å². The van der Waals surface area contributed by atoms with Crippen LogP contribution in [0.25, 0.3) is 5.69 Å². The van der Waals surface area contributed by atoms with E-state index in [1.807, 2.05) is 32.0 Å². The molecule has 0 N–H and O–H groups in total. The molecule has 20 heavy (non-hydrogen) atoms. The number of hydrogen-bond donors (Lipinski definition) is 0. The van der Waals surface area contributed by atoms with Crippen LogP contribution in [-0.2, 0) is 9.53 Å². The Balaban J connectivity index is 1.96. The number of cyclic esters (lactones) is 1. The molecule has 1 aromatic carbocycles.